The van der Waals surface area contributed by atoms with Gasteiger partial charge in [0.05, 0.1) is 18.7 Å². The molecule has 0 aromatic heterocycles. The average molecular weight is 253 g/mol. The molecule has 96 valence electrons. The molecule has 1 aliphatic rings. The summed E-state index contributed by atoms with van der Waals surface area (Å²) in [4.78, 5) is 11.6. The summed E-state index contributed by atoms with van der Waals surface area (Å²) < 4.78 is 4.75. The summed E-state index contributed by atoms with van der Waals surface area (Å²) in [6.07, 6.45) is 0. The summed E-state index contributed by atoms with van der Waals surface area (Å²) in [7, 11) is 1.38. The molecule has 2 aromatic carbocycles. The molecule has 0 radical (unpaired) electrons. The normalized spacial score (nSPS) is 15.8. The second-order valence-corrected chi connectivity index (χ2v) is 4.86. The van der Waals surface area contributed by atoms with Crippen molar-refractivity contribution < 1.29 is 9.53 Å². The number of methoxy groups -OCH3 is 1. The molecule has 3 nitrogen and oxygen atoms in total. The van der Waals surface area contributed by atoms with Crippen LogP contribution in [0.1, 0.15) is 33.1 Å². The Hall–Kier alpha value is -2.13. The fraction of sp³-hybridized carbons (Fsp3) is 0.188. The smallest absolute Gasteiger partial charge is 0.337 e. The van der Waals surface area contributed by atoms with E-state index in [-0.39, 0.29) is 12.0 Å². The summed E-state index contributed by atoms with van der Waals surface area (Å²) in [6.45, 7) is 2.05. The minimum Gasteiger partial charge on any atom is -0.465 e. The highest BCUT2D eigenvalue weighted by Gasteiger charge is 2.26. The zero-order valence-electron chi connectivity index (χ0n) is 10.9. The van der Waals surface area contributed by atoms with Gasteiger partial charge in [0.25, 0.3) is 0 Å². The van der Waals surface area contributed by atoms with Crippen LogP contribution in [-0.2, 0) is 4.74 Å². The van der Waals surface area contributed by atoms with E-state index in [9.17, 15) is 4.79 Å². The minimum absolute atomic E-state index is 0.172. The van der Waals surface area contributed by atoms with Gasteiger partial charge in [0, 0.05) is 0 Å². The number of hydrogen-bond acceptors (Lipinski definition) is 3. The van der Waals surface area contributed by atoms with Crippen LogP contribution in [-0.4, -0.2) is 13.1 Å². The van der Waals surface area contributed by atoms with Gasteiger partial charge < -0.3 is 10.5 Å². The molecule has 0 aliphatic heterocycles. The first-order valence-electron chi connectivity index (χ1n) is 6.20. The highest BCUT2D eigenvalue weighted by molar-refractivity contribution is 5.92. The third kappa shape index (κ3) is 1.74. The van der Waals surface area contributed by atoms with Gasteiger partial charge >= 0.3 is 5.97 Å². The lowest BCUT2D eigenvalue weighted by molar-refractivity contribution is 0.0600. The van der Waals surface area contributed by atoms with Gasteiger partial charge in [-0.1, -0.05) is 29.8 Å². The Kier molecular flexibility index (Phi) is 2.64. The number of carbonyl (C=O) groups is 1. The van der Waals surface area contributed by atoms with Gasteiger partial charge in [-0.2, -0.15) is 0 Å². The van der Waals surface area contributed by atoms with Crippen LogP contribution in [0.4, 0.5) is 0 Å². The van der Waals surface area contributed by atoms with Crippen molar-refractivity contribution in [2.75, 3.05) is 7.11 Å². The van der Waals surface area contributed by atoms with E-state index in [1.807, 2.05) is 12.1 Å². The maximum atomic E-state index is 11.6. The van der Waals surface area contributed by atoms with Crippen LogP contribution in [0.15, 0.2) is 36.4 Å². The Morgan fingerprint density at radius 1 is 1.11 bits per heavy atom. The Morgan fingerprint density at radius 2 is 1.74 bits per heavy atom. The number of benzene rings is 2. The topological polar surface area (TPSA) is 52.3 Å². The Balaban J connectivity index is 2.16. The highest BCUT2D eigenvalue weighted by Crippen LogP contribution is 2.42. The first-order chi connectivity index (χ1) is 9.11. The number of hydrogen-bond donors (Lipinski definition) is 1. The first-order valence-corrected chi connectivity index (χ1v) is 6.20. The summed E-state index contributed by atoms with van der Waals surface area (Å²) >= 11 is 0. The quantitative estimate of drug-likeness (QED) is 0.795. The van der Waals surface area contributed by atoms with Crippen molar-refractivity contribution in [3.05, 3.63) is 58.7 Å². The monoisotopic (exact) mass is 253 g/mol. The summed E-state index contributed by atoms with van der Waals surface area (Å²) in [6, 6.07) is 11.7. The number of esters is 1. The van der Waals surface area contributed by atoms with Gasteiger partial charge in [-0.3, -0.25) is 0 Å². The Morgan fingerprint density at radius 3 is 2.42 bits per heavy atom. The number of nitrogens with two attached hydrogens (primary N) is 1. The van der Waals surface area contributed by atoms with Crippen LogP contribution in [0.3, 0.4) is 0 Å². The average Bonchev–Trinajstić information content (AvgIpc) is 2.71. The van der Waals surface area contributed by atoms with E-state index in [1.165, 1.54) is 12.7 Å². The van der Waals surface area contributed by atoms with E-state index in [0.717, 1.165) is 22.3 Å². The van der Waals surface area contributed by atoms with E-state index >= 15 is 0 Å². The van der Waals surface area contributed by atoms with Crippen LogP contribution in [0.25, 0.3) is 11.1 Å². The van der Waals surface area contributed by atoms with Crippen LogP contribution in [0.2, 0.25) is 0 Å². The molecular weight excluding hydrogens is 238 g/mol. The van der Waals surface area contributed by atoms with Crippen molar-refractivity contribution in [1.29, 1.82) is 0 Å². The molecule has 0 fully saturated rings. The molecule has 0 amide bonds. The Labute approximate surface area is 112 Å². The number of carbonyl (C=O) groups excluding carboxylic acids is 1. The molecule has 0 heterocycles. The predicted octanol–water partition coefficient (Wildman–Crippen LogP) is 2.81. The molecule has 19 heavy (non-hydrogen) atoms. The van der Waals surface area contributed by atoms with Gasteiger partial charge in [-0.05, 0) is 41.3 Å². The maximum Gasteiger partial charge on any atom is 0.337 e. The molecule has 1 aliphatic carbocycles. The SMILES string of the molecule is COC(=O)c1ccc2c(c1)C(N)c1cc(C)ccc1-2. The van der Waals surface area contributed by atoms with Crippen molar-refractivity contribution >= 4 is 5.97 Å². The van der Waals surface area contributed by atoms with E-state index in [2.05, 4.69) is 25.1 Å². The lowest BCUT2D eigenvalue weighted by Gasteiger charge is -2.08. The fourth-order valence-corrected chi connectivity index (χ4v) is 2.66. The van der Waals surface area contributed by atoms with E-state index in [0.29, 0.717) is 5.56 Å². The van der Waals surface area contributed by atoms with Crippen molar-refractivity contribution in [3.8, 4) is 11.1 Å². The van der Waals surface area contributed by atoms with Crippen molar-refractivity contribution in [1.82, 2.24) is 0 Å². The number of aryl methyl sites for hydroxylation is 1. The molecule has 3 heteroatoms. The van der Waals surface area contributed by atoms with Crippen LogP contribution >= 0.6 is 0 Å². The van der Waals surface area contributed by atoms with E-state index in [1.54, 1.807) is 6.07 Å². The molecule has 3 rings (SSSR count). The lowest BCUT2D eigenvalue weighted by Crippen LogP contribution is -2.09. The maximum absolute atomic E-state index is 11.6. The third-order valence-corrected chi connectivity index (χ3v) is 3.64. The molecule has 0 saturated heterocycles. The summed E-state index contributed by atoms with van der Waals surface area (Å²) in [5.41, 5.74) is 12.4. The van der Waals surface area contributed by atoms with Gasteiger partial charge in [-0.15, -0.1) is 0 Å². The largest absolute Gasteiger partial charge is 0.465 e. The van der Waals surface area contributed by atoms with Crippen LogP contribution in [0, 0.1) is 6.92 Å². The minimum atomic E-state index is -0.331. The van der Waals surface area contributed by atoms with Gasteiger partial charge in [0.1, 0.15) is 0 Å². The zero-order chi connectivity index (χ0) is 13.6. The summed E-state index contributed by atoms with van der Waals surface area (Å²) in [5.74, 6) is -0.331. The zero-order valence-corrected chi connectivity index (χ0v) is 10.9. The molecule has 2 N–H and O–H groups in total. The van der Waals surface area contributed by atoms with Crippen molar-refractivity contribution in [2.24, 2.45) is 5.73 Å². The second-order valence-electron chi connectivity index (χ2n) is 4.86. The standard InChI is InChI=1S/C16H15NO2/c1-9-3-5-11-12-6-4-10(16(18)19-2)8-14(12)15(17)13(11)7-9/h3-8,15H,17H2,1-2H3. The van der Waals surface area contributed by atoms with Gasteiger partial charge in [0.15, 0.2) is 0 Å². The van der Waals surface area contributed by atoms with Gasteiger partial charge in [0.2, 0.25) is 0 Å². The molecule has 0 spiro atoms. The summed E-state index contributed by atoms with van der Waals surface area (Å²) in [5, 5.41) is 0. The number of fused-ring (bicyclic) bond motifs is 3. The molecule has 0 bridgehead atoms. The number of ether oxygens (including phenoxy) is 1. The Bertz CT molecular complexity index is 676. The van der Waals surface area contributed by atoms with E-state index in [4.69, 9.17) is 10.5 Å². The van der Waals surface area contributed by atoms with Crippen LogP contribution in [0.5, 0.6) is 0 Å². The van der Waals surface area contributed by atoms with Gasteiger partial charge in [-0.25, -0.2) is 4.79 Å². The van der Waals surface area contributed by atoms with E-state index < -0.39 is 0 Å². The second kappa shape index (κ2) is 4.21. The molecule has 0 saturated carbocycles. The molecule has 1 atom stereocenters. The molecule has 2 aromatic rings. The highest BCUT2D eigenvalue weighted by atomic mass is 16.5. The molecular formula is C16H15NO2. The predicted molar refractivity (Wildman–Crippen MR) is 74.0 cm³/mol. The number of rotatable bonds is 1. The third-order valence-electron chi connectivity index (χ3n) is 3.64. The lowest BCUT2D eigenvalue weighted by atomic mass is 10.0. The first kappa shape index (κ1) is 11.9. The van der Waals surface area contributed by atoms with Crippen molar-refractivity contribution in [3.63, 3.8) is 0 Å². The van der Waals surface area contributed by atoms with Crippen LogP contribution < -0.4 is 5.73 Å². The van der Waals surface area contributed by atoms with Crippen molar-refractivity contribution in [2.45, 2.75) is 13.0 Å². The fourth-order valence-electron chi connectivity index (χ4n) is 2.66. The molecule has 1 unspecified atom stereocenters.